The number of nitrogens with one attached hydrogen (secondary N) is 2. The molecule has 0 unspecified atom stereocenters. The molecule has 0 aromatic heterocycles. The van der Waals surface area contributed by atoms with Crippen LogP contribution in [0.2, 0.25) is 0 Å². The van der Waals surface area contributed by atoms with Crippen LogP contribution in [0.1, 0.15) is 12.5 Å². The Morgan fingerprint density at radius 2 is 2.13 bits per heavy atom. The Hall–Kier alpha value is -2.54. The van der Waals surface area contributed by atoms with Gasteiger partial charge in [0.1, 0.15) is 0 Å². The summed E-state index contributed by atoms with van der Waals surface area (Å²) in [5, 5.41) is 4.78. The first-order chi connectivity index (χ1) is 11.1. The lowest BCUT2D eigenvalue weighted by Gasteiger charge is -2.19. The van der Waals surface area contributed by atoms with E-state index in [1.165, 1.54) is 0 Å². The number of rotatable bonds is 7. The molecule has 0 spiro atoms. The Bertz CT molecular complexity index is 589. The molecule has 0 atom stereocenters. The maximum absolute atomic E-state index is 11.9. The highest BCUT2D eigenvalue weighted by atomic mass is 16.7. The predicted molar refractivity (Wildman–Crippen MR) is 85.3 cm³/mol. The Morgan fingerprint density at radius 3 is 2.87 bits per heavy atom. The highest BCUT2D eigenvalue weighted by Crippen LogP contribution is 2.32. The summed E-state index contributed by atoms with van der Waals surface area (Å²) in [6, 6.07) is 5.17. The fraction of sp³-hybridized carbons (Fsp3) is 0.375. The zero-order chi connectivity index (χ0) is 16.7. The van der Waals surface area contributed by atoms with Crippen molar-refractivity contribution >= 4 is 11.9 Å². The van der Waals surface area contributed by atoms with Gasteiger partial charge in [0, 0.05) is 13.1 Å². The molecule has 2 rings (SSSR count). The Labute approximate surface area is 135 Å². The molecule has 1 aromatic rings. The molecule has 1 aliphatic heterocycles. The minimum absolute atomic E-state index is 0.131. The number of urea groups is 1. The topological polar surface area (TPSA) is 79.9 Å². The molecule has 0 radical (unpaired) electrons. The number of amides is 3. The lowest BCUT2D eigenvalue weighted by molar-refractivity contribution is -0.121. The number of nitrogens with zero attached hydrogens (tertiary/aromatic N) is 1. The van der Waals surface area contributed by atoms with Gasteiger partial charge in [-0.15, -0.1) is 6.58 Å². The van der Waals surface area contributed by atoms with Crippen LogP contribution in [0.5, 0.6) is 11.5 Å². The van der Waals surface area contributed by atoms with Crippen molar-refractivity contribution in [2.75, 3.05) is 26.4 Å². The van der Waals surface area contributed by atoms with Crippen LogP contribution >= 0.6 is 0 Å². The molecule has 1 aromatic carbocycles. The van der Waals surface area contributed by atoms with Crippen molar-refractivity contribution in [3.05, 3.63) is 36.4 Å². The van der Waals surface area contributed by atoms with Crippen LogP contribution in [0.15, 0.2) is 30.9 Å². The molecule has 1 heterocycles. The van der Waals surface area contributed by atoms with Crippen molar-refractivity contribution in [2.45, 2.75) is 13.5 Å². The molecule has 7 heteroatoms. The predicted octanol–water partition coefficient (Wildman–Crippen LogP) is 1.25. The normalized spacial score (nSPS) is 12.1. The molecule has 0 saturated carbocycles. The van der Waals surface area contributed by atoms with Crippen LogP contribution < -0.4 is 20.1 Å². The second kappa shape index (κ2) is 8.19. The number of likely N-dealkylation sites (N-methyl/N-ethyl adjacent to an activating group) is 1. The van der Waals surface area contributed by atoms with Gasteiger partial charge in [0.25, 0.3) is 0 Å². The average Bonchev–Trinajstić information content (AvgIpc) is 2.99. The van der Waals surface area contributed by atoms with E-state index in [1.54, 1.807) is 6.08 Å². The standard InChI is InChI=1S/C16H21N3O4/c1-3-7-17-16(21)18-15(20)10-19(4-2)9-12-5-6-13-14(8-12)23-11-22-13/h3,5-6,8H,1,4,7,9-11H2,2H3,(H2,17,18,20,21). The monoisotopic (exact) mass is 319 g/mol. The molecule has 0 aliphatic carbocycles. The van der Waals surface area contributed by atoms with Crippen LogP contribution in [-0.2, 0) is 11.3 Å². The Balaban J connectivity index is 1.86. The third-order valence-electron chi connectivity index (χ3n) is 3.32. The minimum atomic E-state index is -0.519. The van der Waals surface area contributed by atoms with Crippen LogP contribution in [0.3, 0.4) is 0 Å². The van der Waals surface area contributed by atoms with E-state index >= 15 is 0 Å². The minimum Gasteiger partial charge on any atom is -0.454 e. The van der Waals surface area contributed by atoms with E-state index in [9.17, 15) is 9.59 Å². The van der Waals surface area contributed by atoms with E-state index in [2.05, 4.69) is 17.2 Å². The van der Waals surface area contributed by atoms with Crippen LogP contribution in [0.4, 0.5) is 4.79 Å². The highest BCUT2D eigenvalue weighted by Gasteiger charge is 2.16. The third-order valence-corrected chi connectivity index (χ3v) is 3.32. The number of carbonyl (C=O) groups is 2. The molecule has 0 bridgehead atoms. The number of hydrogen-bond acceptors (Lipinski definition) is 5. The van der Waals surface area contributed by atoms with Crippen molar-refractivity contribution in [1.82, 2.24) is 15.5 Å². The van der Waals surface area contributed by atoms with E-state index in [1.807, 2.05) is 30.0 Å². The molecule has 23 heavy (non-hydrogen) atoms. The average molecular weight is 319 g/mol. The SMILES string of the molecule is C=CCNC(=O)NC(=O)CN(CC)Cc1ccc2c(c1)OCO2. The van der Waals surface area contributed by atoms with Crippen LogP contribution in [0.25, 0.3) is 0 Å². The van der Waals surface area contributed by atoms with Gasteiger partial charge < -0.3 is 14.8 Å². The summed E-state index contributed by atoms with van der Waals surface area (Å²) in [5.41, 5.74) is 1.01. The summed E-state index contributed by atoms with van der Waals surface area (Å²) in [4.78, 5) is 25.2. The zero-order valence-corrected chi connectivity index (χ0v) is 13.1. The van der Waals surface area contributed by atoms with Gasteiger partial charge in [-0.3, -0.25) is 15.0 Å². The number of benzene rings is 1. The lowest BCUT2D eigenvalue weighted by atomic mass is 10.2. The molecule has 1 aliphatic rings. The first-order valence-corrected chi connectivity index (χ1v) is 7.41. The second-order valence-corrected chi connectivity index (χ2v) is 5.04. The van der Waals surface area contributed by atoms with Crippen LogP contribution in [-0.4, -0.2) is 43.3 Å². The maximum Gasteiger partial charge on any atom is 0.321 e. The summed E-state index contributed by atoms with van der Waals surface area (Å²) in [5.74, 6) is 1.09. The summed E-state index contributed by atoms with van der Waals surface area (Å²) >= 11 is 0. The van der Waals surface area contributed by atoms with Gasteiger partial charge in [-0.1, -0.05) is 19.1 Å². The summed E-state index contributed by atoms with van der Waals surface area (Å²) < 4.78 is 10.6. The Morgan fingerprint density at radius 1 is 1.35 bits per heavy atom. The molecular formula is C16H21N3O4. The fourth-order valence-electron chi connectivity index (χ4n) is 2.16. The van der Waals surface area contributed by atoms with Crippen molar-refractivity contribution < 1.29 is 19.1 Å². The van der Waals surface area contributed by atoms with Crippen molar-refractivity contribution in [2.24, 2.45) is 0 Å². The number of fused-ring (bicyclic) bond motifs is 1. The van der Waals surface area contributed by atoms with Gasteiger partial charge in [0.15, 0.2) is 11.5 Å². The molecule has 3 amide bonds. The lowest BCUT2D eigenvalue weighted by Crippen LogP contribution is -2.44. The smallest absolute Gasteiger partial charge is 0.321 e. The van der Waals surface area contributed by atoms with Gasteiger partial charge in [0.2, 0.25) is 12.7 Å². The summed E-state index contributed by atoms with van der Waals surface area (Å²) in [6.07, 6.45) is 1.54. The largest absolute Gasteiger partial charge is 0.454 e. The van der Waals surface area contributed by atoms with E-state index < -0.39 is 6.03 Å². The molecular weight excluding hydrogens is 298 g/mol. The van der Waals surface area contributed by atoms with Gasteiger partial charge in [0.05, 0.1) is 6.54 Å². The fourth-order valence-corrected chi connectivity index (χ4v) is 2.16. The third kappa shape index (κ3) is 5.00. The van der Waals surface area contributed by atoms with Gasteiger partial charge in [-0.25, -0.2) is 4.79 Å². The van der Waals surface area contributed by atoms with Crippen molar-refractivity contribution in [3.63, 3.8) is 0 Å². The number of hydrogen-bond donors (Lipinski definition) is 2. The number of ether oxygens (including phenoxy) is 2. The van der Waals surface area contributed by atoms with Gasteiger partial charge in [-0.05, 0) is 24.2 Å². The van der Waals surface area contributed by atoms with E-state index in [0.717, 1.165) is 11.3 Å². The molecule has 2 N–H and O–H groups in total. The van der Waals surface area contributed by atoms with E-state index in [-0.39, 0.29) is 19.2 Å². The first kappa shape index (κ1) is 16.8. The molecule has 124 valence electrons. The first-order valence-electron chi connectivity index (χ1n) is 7.41. The maximum atomic E-state index is 11.9. The molecule has 7 nitrogen and oxygen atoms in total. The second-order valence-electron chi connectivity index (χ2n) is 5.04. The molecule has 0 fully saturated rings. The van der Waals surface area contributed by atoms with Gasteiger partial charge in [-0.2, -0.15) is 0 Å². The summed E-state index contributed by atoms with van der Waals surface area (Å²) in [6.45, 7) is 7.38. The number of carbonyl (C=O) groups excluding carboxylic acids is 2. The summed E-state index contributed by atoms with van der Waals surface area (Å²) in [7, 11) is 0. The van der Waals surface area contributed by atoms with Crippen LogP contribution in [0, 0.1) is 0 Å². The highest BCUT2D eigenvalue weighted by molar-refractivity contribution is 5.95. The van der Waals surface area contributed by atoms with E-state index in [0.29, 0.717) is 25.4 Å². The van der Waals surface area contributed by atoms with Gasteiger partial charge >= 0.3 is 6.03 Å². The van der Waals surface area contributed by atoms with Crippen molar-refractivity contribution in [1.29, 1.82) is 0 Å². The Kier molecular flexibility index (Phi) is 5.99. The molecule has 0 saturated heterocycles. The van der Waals surface area contributed by atoms with Crippen molar-refractivity contribution in [3.8, 4) is 11.5 Å². The quantitative estimate of drug-likeness (QED) is 0.739. The van der Waals surface area contributed by atoms with E-state index in [4.69, 9.17) is 9.47 Å². The number of imide groups is 1. The zero-order valence-electron chi connectivity index (χ0n) is 13.1.